The van der Waals surface area contributed by atoms with Gasteiger partial charge in [-0.3, -0.25) is 0 Å². The molecule has 10 nitrogen and oxygen atoms in total. The minimum Gasteiger partial charge on any atom is -0.314 e. The van der Waals surface area contributed by atoms with Gasteiger partial charge in [0, 0.05) is 22.9 Å². The molecule has 0 aromatic carbocycles. The zero-order valence-corrected chi connectivity index (χ0v) is 11.8. The lowest BCUT2D eigenvalue weighted by Gasteiger charge is -2.33. The van der Waals surface area contributed by atoms with Gasteiger partial charge in [0.15, 0.2) is 0 Å². The van der Waals surface area contributed by atoms with Crippen LogP contribution >= 0.6 is 0 Å². The summed E-state index contributed by atoms with van der Waals surface area (Å²) in [6, 6.07) is 0. The van der Waals surface area contributed by atoms with E-state index in [9.17, 15) is 25.4 Å². The summed E-state index contributed by atoms with van der Waals surface area (Å²) in [6.07, 6.45) is 0. The van der Waals surface area contributed by atoms with E-state index in [4.69, 9.17) is 0 Å². The highest BCUT2D eigenvalue weighted by Gasteiger charge is 2.59. The molecule has 1 rings (SSSR count). The van der Waals surface area contributed by atoms with Crippen LogP contribution < -0.4 is 0 Å². The number of hydroxylamine groups is 2. The summed E-state index contributed by atoms with van der Waals surface area (Å²) in [4.78, 5) is 29.4. The lowest BCUT2D eigenvalue weighted by atomic mass is 9.78. The van der Waals surface area contributed by atoms with Crippen molar-refractivity contribution in [3.05, 3.63) is 20.2 Å². The molecule has 0 aromatic rings. The molecule has 0 saturated carbocycles. The van der Waals surface area contributed by atoms with Crippen molar-refractivity contribution in [3.63, 3.8) is 0 Å². The molecule has 1 fully saturated rings. The lowest BCUT2D eigenvalue weighted by Crippen LogP contribution is -2.47. The topological polar surface area (TPSA) is 128 Å². The van der Waals surface area contributed by atoms with E-state index in [1.807, 2.05) is 0 Å². The van der Waals surface area contributed by atoms with Gasteiger partial charge in [0.1, 0.15) is 13.2 Å². The molecule has 20 heavy (non-hydrogen) atoms. The van der Waals surface area contributed by atoms with Gasteiger partial charge in [-0.05, 0) is 27.7 Å². The molecular formula is C10H18N3O7. The number of rotatable bonds is 6. The van der Waals surface area contributed by atoms with Crippen LogP contribution in [0.4, 0.5) is 0 Å². The Morgan fingerprint density at radius 2 is 1.25 bits per heavy atom. The van der Waals surface area contributed by atoms with E-state index >= 15 is 0 Å². The van der Waals surface area contributed by atoms with Crippen molar-refractivity contribution in [2.24, 2.45) is 11.8 Å². The average Bonchev–Trinajstić information content (AvgIpc) is 2.42. The van der Waals surface area contributed by atoms with Crippen LogP contribution in [-0.4, -0.2) is 39.5 Å². The largest absolute Gasteiger partial charge is 0.314 e. The van der Waals surface area contributed by atoms with Gasteiger partial charge in [-0.2, -0.15) is 0 Å². The first-order valence-electron chi connectivity index (χ1n) is 6.03. The zero-order chi connectivity index (χ0) is 15.7. The van der Waals surface area contributed by atoms with Gasteiger partial charge >= 0.3 is 0 Å². The molecule has 1 radical (unpaired) electrons. The zero-order valence-electron chi connectivity index (χ0n) is 11.8. The molecular weight excluding hydrogens is 274 g/mol. The Kier molecular flexibility index (Phi) is 4.39. The molecule has 1 aliphatic heterocycles. The molecule has 0 bridgehead atoms. The average molecular weight is 292 g/mol. The van der Waals surface area contributed by atoms with Crippen LogP contribution in [0, 0.1) is 32.1 Å². The van der Waals surface area contributed by atoms with Crippen LogP contribution in [-0.2, 0) is 14.9 Å². The van der Waals surface area contributed by atoms with Gasteiger partial charge in [-0.1, -0.05) is 0 Å². The van der Waals surface area contributed by atoms with Crippen LogP contribution in [0.2, 0.25) is 0 Å². The van der Waals surface area contributed by atoms with Gasteiger partial charge in [-0.25, -0.2) is 0 Å². The molecule has 1 heterocycles. The summed E-state index contributed by atoms with van der Waals surface area (Å²) in [5.41, 5.74) is -1.91. The first-order valence-corrected chi connectivity index (χ1v) is 6.03. The van der Waals surface area contributed by atoms with Gasteiger partial charge in [0.25, 0.3) is 10.2 Å². The summed E-state index contributed by atoms with van der Waals surface area (Å²) in [5.74, 6) is -1.14. The maximum Gasteiger partial charge on any atom is 0.294 e. The van der Waals surface area contributed by atoms with E-state index < -0.39 is 33.1 Å². The van der Waals surface area contributed by atoms with Crippen molar-refractivity contribution in [3.8, 4) is 0 Å². The maximum absolute atomic E-state index is 12.3. The molecule has 0 amide bonds. The van der Waals surface area contributed by atoms with Crippen LogP contribution in [0.3, 0.4) is 0 Å². The molecule has 115 valence electrons. The smallest absolute Gasteiger partial charge is 0.294 e. The van der Waals surface area contributed by atoms with Crippen LogP contribution in [0.5, 0.6) is 0 Å². The van der Waals surface area contributed by atoms with Crippen molar-refractivity contribution in [1.29, 1.82) is 0 Å². The normalized spacial score (nSPS) is 28.1. The summed E-state index contributed by atoms with van der Waals surface area (Å²) >= 11 is 0. The van der Waals surface area contributed by atoms with E-state index in [0.717, 1.165) is 5.06 Å². The Hall–Kier alpha value is -1.68. The molecule has 2 atom stereocenters. The molecule has 0 spiro atoms. The van der Waals surface area contributed by atoms with Gasteiger partial charge in [0.2, 0.25) is 0 Å². The maximum atomic E-state index is 12.3. The SMILES string of the molecule is CC1(C)C(CO[N+](=O)[O-])C(CO[N+](=O)[O-])C(C)(C)N1[O]. The third-order valence-electron chi connectivity index (χ3n) is 4.07. The van der Waals surface area contributed by atoms with E-state index in [2.05, 4.69) is 9.68 Å². The molecule has 10 heteroatoms. The van der Waals surface area contributed by atoms with Crippen molar-refractivity contribution in [1.82, 2.24) is 5.06 Å². The standard InChI is InChI=1S/C10H18N3O7/c1-9(2)7(5-19-12(15)16)8(6-20-13(17)18)10(3,4)11(9)14/h7-8H,5-6H2,1-4H3. The Labute approximate surface area is 115 Å². The van der Waals surface area contributed by atoms with Gasteiger partial charge in [-0.15, -0.1) is 30.5 Å². The quantitative estimate of drug-likeness (QED) is 0.524. The van der Waals surface area contributed by atoms with Crippen molar-refractivity contribution >= 4 is 0 Å². The molecule has 0 aromatic heterocycles. The van der Waals surface area contributed by atoms with E-state index in [0.29, 0.717) is 0 Å². The van der Waals surface area contributed by atoms with Crippen molar-refractivity contribution in [2.45, 2.75) is 38.8 Å². The van der Waals surface area contributed by atoms with Gasteiger partial charge < -0.3 is 9.68 Å². The molecule has 0 N–H and O–H groups in total. The number of nitrogens with zero attached hydrogens (tertiary/aromatic N) is 3. The highest BCUT2D eigenvalue weighted by molar-refractivity contribution is 5.07. The Balaban J connectivity index is 2.98. The van der Waals surface area contributed by atoms with Crippen LogP contribution in [0.25, 0.3) is 0 Å². The summed E-state index contributed by atoms with van der Waals surface area (Å²) in [6.45, 7) is 5.88. The first-order chi connectivity index (χ1) is 9.01. The molecule has 2 unspecified atom stereocenters. The van der Waals surface area contributed by atoms with Crippen molar-refractivity contribution in [2.75, 3.05) is 13.2 Å². The van der Waals surface area contributed by atoms with Crippen LogP contribution in [0.15, 0.2) is 0 Å². The fraction of sp³-hybridized carbons (Fsp3) is 1.00. The molecule has 1 aliphatic rings. The molecule has 1 saturated heterocycles. The van der Waals surface area contributed by atoms with E-state index in [1.54, 1.807) is 27.7 Å². The lowest BCUT2D eigenvalue weighted by molar-refractivity contribution is -0.763. The number of hydrogen-bond acceptors (Lipinski definition) is 7. The summed E-state index contributed by atoms with van der Waals surface area (Å²) in [5, 5.41) is 31.9. The highest BCUT2D eigenvalue weighted by atomic mass is 17.0. The Morgan fingerprint density at radius 1 is 0.950 bits per heavy atom. The molecule has 0 aliphatic carbocycles. The first kappa shape index (κ1) is 16.4. The second-order valence-electron chi connectivity index (χ2n) is 5.85. The predicted molar refractivity (Wildman–Crippen MR) is 63.6 cm³/mol. The van der Waals surface area contributed by atoms with Crippen LogP contribution in [0.1, 0.15) is 27.7 Å². The minimum absolute atomic E-state index is 0.312. The van der Waals surface area contributed by atoms with Crippen molar-refractivity contribution < 1.29 is 25.1 Å². The summed E-state index contributed by atoms with van der Waals surface area (Å²) in [7, 11) is 0. The second kappa shape index (κ2) is 5.37. The number of hydrogen-bond donors (Lipinski definition) is 0. The third-order valence-corrected chi connectivity index (χ3v) is 4.07. The van der Waals surface area contributed by atoms with E-state index in [-0.39, 0.29) is 13.2 Å². The van der Waals surface area contributed by atoms with E-state index in [1.165, 1.54) is 0 Å². The minimum atomic E-state index is -0.954. The summed E-state index contributed by atoms with van der Waals surface area (Å²) < 4.78 is 0. The third kappa shape index (κ3) is 2.90. The fourth-order valence-corrected chi connectivity index (χ4v) is 2.95. The second-order valence-corrected chi connectivity index (χ2v) is 5.85. The Morgan fingerprint density at radius 3 is 1.50 bits per heavy atom. The Bertz CT molecular complexity index is 362. The predicted octanol–water partition coefficient (Wildman–Crippen LogP) is 0.854. The fourth-order valence-electron chi connectivity index (χ4n) is 2.95. The monoisotopic (exact) mass is 292 g/mol. The van der Waals surface area contributed by atoms with Gasteiger partial charge in [0.05, 0.1) is 0 Å². The highest BCUT2D eigenvalue weighted by Crippen LogP contribution is 2.48.